The number of hydrogen-bond acceptors (Lipinski definition) is 5. The van der Waals surface area contributed by atoms with E-state index in [4.69, 9.17) is 11.6 Å². The van der Waals surface area contributed by atoms with E-state index in [1.54, 1.807) is 23.9 Å². The number of rotatable bonds is 5. The molecule has 1 aliphatic heterocycles. The van der Waals surface area contributed by atoms with Gasteiger partial charge in [-0.25, -0.2) is 13.4 Å². The Morgan fingerprint density at radius 3 is 2.42 bits per heavy atom. The van der Waals surface area contributed by atoms with Crippen molar-refractivity contribution in [3.63, 3.8) is 0 Å². The van der Waals surface area contributed by atoms with Gasteiger partial charge >= 0.3 is 0 Å². The maximum Gasteiger partial charge on any atom is 0.244 e. The molecule has 1 atom stereocenters. The molecule has 140 valence electrons. The fraction of sp³-hybridized carbons (Fsp3) is 0.389. The van der Waals surface area contributed by atoms with Crippen LogP contribution in [0.15, 0.2) is 52.5 Å². The Morgan fingerprint density at radius 1 is 1.12 bits per heavy atom. The Hall–Kier alpha value is -1.12. The normalized spacial score (nSPS) is 18.0. The second-order valence-electron chi connectivity index (χ2n) is 6.32. The highest BCUT2D eigenvalue weighted by molar-refractivity contribution is 7.99. The lowest BCUT2D eigenvalue weighted by atomic mass is 10.2. The first-order chi connectivity index (χ1) is 12.4. The number of benzene rings is 1. The maximum atomic E-state index is 12.7. The van der Waals surface area contributed by atoms with Gasteiger partial charge in [0, 0.05) is 42.6 Å². The summed E-state index contributed by atoms with van der Waals surface area (Å²) in [5.74, 6) is 0. The van der Waals surface area contributed by atoms with E-state index in [-0.39, 0.29) is 10.1 Å². The Morgan fingerprint density at radius 2 is 1.81 bits per heavy atom. The van der Waals surface area contributed by atoms with Crippen molar-refractivity contribution in [1.29, 1.82) is 0 Å². The van der Waals surface area contributed by atoms with E-state index >= 15 is 0 Å². The van der Waals surface area contributed by atoms with E-state index in [1.165, 1.54) is 10.5 Å². The highest BCUT2D eigenvalue weighted by Crippen LogP contribution is 2.37. The molecular formula is C18H22ClN3O2S2. The molecule has 2 aromatic rings. The Bertz CT molecular complexity index is 851. The van der Waals surface area contributed by atoms with Crippen LogP contribution in [0.4, 0.5) is 0 Å². The van der Waals surface area contributed by atoms with Crippen molar-refractivity contribution >= 4 is 33.4 Å². The average Bonchev–Trinajstić information content (AvgIpc) is 2.63. The van der Waals surface area contributed by atoms with E-state index in [0.29, 0.717) is 13.1 Å². The number of halogens is 1. The van der Waals surface area contributed by atoms with Gasteiger partial charge < -0.3 is 4.90 Å². The minimum Gasteiger partial charge on any atom is -0.304 e. The Balaban J connectivity index is 1.71. The first-order valence-electron chi connectivity index (χ1n) is 8.44. The third kappa shape index (κ3) is 4.40. The summed E-state index contributed by atoms with van der Waals surface area (Å²) in [7, 11) is -1.48. The first-order valence-corrected chi connectivity index (χ1v) is 11.1. The molecular weight excluding hydrogens is 390 g/mol. The third-order valence-electron chi connectivity index (χ3n) is 4.45. The summed E-state index contributed by atoms with van der Waals surface area (Å²) < 4.78 is 27.0. The fourth-order valence-electron chi connectivity index (χ4n) is 2.82. The molecule has 0 unspecified atom stereocenters. The van der Waals surface area contributed by atoms with Crippen molar-refractivity contribution in [2.75, 3.05) is 33.2 Å². The number of pyridine rings is 1. The van der Waals surface area contributed by atoms with Gasteiger partial charge in [0.15, 0.2) is 0 Å². The number of hydrogen-bond donors (Lipinski definition) is 0. The third-order valence-corrected chi connectivity index (χ3v) is 7.77. The van der Waals surface area contributed by atoms with Gasteiger partial charge in [-0.15, -0.1) is 0 Å². The Kier molecular flexibility index (Phi) is 6.25. The van der Waals surface area contributed by atoms with Gasteiger partial charge in [0.05, 0.1) is 5.03 Å². The molecule has 0 saturated carbocycles. The number of sulfonamides is 1. The monoisotopic (exact) mass is 411 g/mol. The van der Waals surface area contributed by atoms with Gasteiger partial charge in [0.1, 0.15) is 4.90 Å². The summed E-state index contributed by atoms with van der Waals surface area (Å²) in [6.07, 6.45) is 1.45. The molecule has 0 radical (unpaired) electrons. The standard InChI is InChI=1S/C18H22ClN3O2S2/c1-14(16-5-3-4-6-17(16)19)25-18-8-7-15(13-20-18)26(23,24)22-11-9-21(2)10-12-22/h3-8,13-14H,9-12H2,1-2H3/t14-/m0/s1. The largest absolute Gasteiger partial charge is 0.304 e. The van der Waals surface area contributed by atoms with Crippen molar-refractivity contribution in [3.05, 3.63) is 53.2 Å². The van der Waals surface area contributed by atoms with Crippen LogP contribution >= 0.6 is 23.4 Å². The molecule has 0 aliphatic carbocycles. The van der Waals surface area contributed by atoms with E-state index in [0.717, 1.165) is 28.7 Å². The molecule has 26 heavy (non-hydrogen) atoms. The van der Waals surface area contributed by atoms with Gasteiger partial charge in [0.2, 0.25) is 10.0 Å². The molecule has 8 heteroatoms. The smallest absolute Gasteiger partial charge is 0.244 e. The summed E-state index contributed by atoms with van der Waals surface area (Å²) in [5.41, 5.74) is 1.04. The van der Waals surface area contributed by atoms with Crippen LogP contribution in [-0.2, 0) is 10.0 Å². The van der Waals surface area contributed by atoms with Gasteiger partial charge in [-0.05, 0) is 37.7 Å². The molecule has 1 aromatic heterocycles. The predicted octanol–water partition coefficient (Wildman–Crippen LogP) is 3.52. The average molecular weight is 412 g/mol. The quantitative estimate of drug-likeness (QED) is 0.704. The minimum atomic E-state index is -3.48. The molecule has 0 spiro atoms. The number of thioether (sulfide) groups is 1. The first kappa shape index (κ1) is 19.6. The van der Waals surface area contributed by atoms with Gasteiger partial charge in [-0.3, -0.25) is 0 Å². The highest BCUT2D eigenvalue weighted by atomic mass is 35.5. The molecule has 2 heterocycles. The van der Waals surface area contributed by atoms with E-state index in [9.17, 15) is 8.42 Å². The second-order valence-corrected chi connectivity index (χ2v) is 10.0. The van der Waals surface area contributed by atoms with Gasteiger partial charge in [-0.1, -0.05) is 41.6 Å². The zero-order chi connectivity index (χ0) is 18.7. The van der Waals surface area contributed by atoms with Crippen LogP contribution in [0.5, 0.6) is 0 Å². The van der Waals surface area contributed by atoms with Crippen LogP contribution in [0.3, 0.4) is 0 Å². The summed E-state index contributed by atoms with van der Waals surface area (Å²) in [5, 5.41) is 1.62. The van der Waals surface area contributed by atoms with Crippen LogP contribution in [0.25, 0.3) is 0 Å². The van der Waals surface area contributed by atoms with E-state index in [2.05, 4.69) is 16.8 Å². The maximum absolute atomic E-state index is 12.7. The van der Waals surface area contributed by atoms with Crippen LogP contribution in [0.2, 0.25) is 5.02 Å². The molecule has 0 bridgehead atoms. The van der Waals surface area contributed by atoms with Crippen molar-refractivity contribution in [1.82, 2.24) is 14.2 Å². The highest BCUT2D eigenvalue weighted by Gasteiger charge is 2.27. The number of piperazine rings is 1. The lowest BCUT2D eigenvalue weighted by Gasteiger charge is -2.31. The lowest BCUT2D eigenvalue weighted by Crippen LogP contribution is -2.47. The molecule has 1 aromatic carbocycles. The molecule has 0 amide bonds. The van der Waals surface area contributed by atoms with Crippen LogP contribution in [0.1, 0.15) is 17.7 Å². The lowest BCUT2D eigenvalue weighted by molar-refractivity contribution is 0.222. The molecule has 0 N–H and O–H groups in total. The molecule has 1 aliphatic rings. The molecule has 1 fully saturated rings. The van der Waals surface area contributed by atoms with Crippen molar-refractivity contribution in [3.8, 4) is 0 Å². The summed E-state index contributed by atoms with van der Waals surface area (Å²) >= 11 is 7.80. The zero-order valence-corrected chi connectivity index (χ0v) is 17.2. The SMILES string of the molecule is C[C@H](Sc1ccc(S(=O)(=O)N2CCN(C)CC2)cn1)c1ccccc1Cl. The van der Waals surface area contributed by atoms with Crippen molar-refractivity contribution in [2.45, 2.75) is 22.1 Å². The number of likely N-dealkylation sites (N-methyl/N-ethyl adjacent to an activating group) is 1. The van der Waals surface area contributed by atoms with Crippen molar-refractivity contribution in [2.24, 2.45) is 0 Å². The van der Waals surface area contributed by atoms with Gasteiger partial charge in [-0.2, -0.15) is 4.31 Å². The summed E-state index contributed by atoms with van der Waals surface area (Å²) in [4.78, 5) is 6.73. The van der Waals surface area contributed by atoms with Crippen molar-refractivity contribution < 1.29 is 8.42 Å². The van der Waals surface area contributed by atoms with Gasteiger partial charge in [0.25, 0.3) is 0 Å². The fourth-order valence-corrected chi connectivity index (χ4v) is 5.50. The summed E-state index contributed by atoms with van der Waals surface area (Å²) in [6, 6.07) is 11.1. The van der Waals surface area contributed by atoms with Crippen LogP contribution in [0, 0.1) is 0 Å². The number of nitrogens with zero attached hydrogens (tertiary/aromatic N) is 3. The zero-order valence-electron chi connectivity index (χ0n) is 14.8. The van der Waals surface area contributed by atoms with E-state index < -0.39 is 10.0 Å². The number of aromatic nitrogens is 1. The minimum absolute atomic E-state index is 0.122. The van der Waals surface area contributed by atoms with E-state index in [1.807, 2.05) is 31.3 Å². The molecule has 1 saturated heterocycles. The molecule has 5 nitrogen and oxygen atoms in total. The molecule has 3 rings (SSSR count). The Labute approximate surface area is 164 Å². The summed E-state index contributed by atoms with van der Waals surface area (Å²) in [6.45, 7) is 4.58. The topological polar surface area (TPSA) is 53.5 Å². The van der Waals surface area contributed by atoms with Crippen LogP contribution < -0.4 is 0 Å². The predicted molar refractivity (Wildman–Crippen MR) is 106 cm³/mol. The second kappa shape index (κ2) is 8.27. The van der Waals surface area contributed by atoms with Crippen LogP contribution in [-0.4, -0.2) is 55.8 Å².